The second-order valence-corrected chi connectivity index (χ2v) is 22.4. The number of rotatable bonds is 1. The summed E-state index contributed by atoms with van der Waals surface area (Å²) in [5.41, 5.74) is 21.4. The van der Waals surface area contributed by atoms with Crippen molar-refractivity contribution in [2.24, 2.45) is 0 Å². The molecule has 2 aliphatic heterocycles. The SMILES string of the molecule is CC(C)(C)c1ccc(N2B3c4cc5c(cc4-n4c6ccc(C(C)(C)C)cc6c6c7c(c(c3c64)-c3cc4sc6ccccc6c4cc32)-c2ccccc2C7(C)C)oc2ccccc25)cc1. The van der Waals surface area contributed by atoms with Crippen LogP contribution >= 0.6 is 11.3 Å². The normalized spacial score (nSPS) is 14.9. The van der Waals surface area contributed by atoms with Crippen molar-refractivity contribution in [3.63, 3.8) is 0 Å². The Balaban J connectivity index is 1.24. The van der Waals surface area contributed by atoms with Gasteiger partial charge in [0.15, 0.2) is 0 Å². The zero-order chi connectivity index (χ0) is 43.3. The van der Waals surface area contributed by atoms with Crippen molar-refractivity contribution in [3.05, 3.63) is 162 Å². The predicted molar refractivity (Wildman–Crippen MR) is 275 cm³/mol. The zero-order valence-corrected chi connectivity index (χ0v) is 38.4. The summed E-state index contributed by atoms with van der Waals surface area (Å²) in [4.78, 5) is 2.71. The molecule has 3 aromatic heterocycles. The predicted octanol–water partition coefficient (Wildman–Crippen LogP) is 15.2. The molecule has 0 saturated heterocycles. The molecule has 5 heterocycles. The maximum atomic E-state index is 6.78. The summed E-state index contributed by atoms with van der Waals surface area (Å²) >= 11 is 1.92. The number of fused-ring (bicyclic) bond motifs is 19. The minimum atomic E-state index is -0.252. The molecule has 0 atom stereocenters. The molecular formula is C59H47BN2OS. The Hall–Kier alpha value is -6.56. The van der Waals surface area contributed by atoms with Gasteiger partial charge in [-0.05, 0) is 109 Å². The summed E-state index contributed by atoms with van der Waals surface area (Å²) in [6.07, 6.45) is 0. The first-order valence-corrected chi connectivity index (χ1v) is 23.7. The van der Waals surface area contributed by atoms with Crippen molar-refractivity contribution in [3.8, 4) is 27.9 Å². The van der Waals surface area contributed by atoms with Gasteiger partial charge in [0.25, 0.3) is 0 Å². The Kier molecular flexibility index (Phi) is 6.89. The highest BCUT2D eigenvalue weighted by Crippen LogP contribution is 2.60. The van der Waals surface area contributed by atoms with Gasteiger partial charge in [0.1, 0.15) is 11.2 Å². The highest BCUT2D eigenvalue weighted by Gasteiger charge is 2.50. The first-order valence-electron chi connectivity index (χ1n) is 22.9. The van der Waals surface area contributed by atoms with Crippen LogP contribution < -0.4 is 15.7 Å². The van der Waals surface area contributed by atoms with Crippen LogP contribution in [0.15, 0.2) is 144 Å². The van der Waals surface area contributed by atoms with E-state index in [0.717, 1.165) is 21.9 Å². The number of hydrogen-bond donors (Lipinski definition) is 0. The van der Waals surface area contributed by atoms with Gasteiger partial charge in [-0.3, -0.25) is 0 Å². The average molecular weight is 843 g/mol. The van der Waals surface area contributed by atoms with Gasteiger partial charge in [-0.15, -0.1) is 11.3 Å². The molecule has 0 unspecified atom stereocenters. The third-order valence-electron chi connectivity index (χ3n) is 15.2. The van der Waals surface area contributed by atoms with Crippen LogP contribution in [0.3, 0.4) is 0 Å². The summed E-state index contributed by atoms with van der Waals surface area (Å²) < 4.78 is 12.1. The Labute approximate surface area is 377 Å². The smallest absolute Gasteiger partial charge is 0.333 e. The van der Waals surface area contributed by atoms with Crippen LogP contribution in [0, 0.1) is 0 Å². The van der Waals surface area contributed by atoms with Gasteiger partial charge in [-0.1, -0.05) is 140 Å². The average Bonchev–Trinajstić information content (AvgIpc) is 4.00. The summed E-state index contributed by atoms with van der Waals surface area (Å²) in [7, 11) is 0. The van der Waals surface area contributed by atoms with E-state index in [4.69, 9.17) is 4.42 Å². The van der Waals surface area contributed by atoms with Crippen molar-refractivity contribution >= 4 is 104 Å². The fourth-order valence-corrected chi connectivity index (χ4v) is 13.3. The molecule has 0 bridgehead atoms. The Morgan fingerprint density at radius 2 is 1.28 bits per heavy atom. The van der Waals surface area contributed by atoms with Gasteiger partial charge >= 0.3 is 6.85 Å². The molecule has 3 nitrogen and oxygen atoms in total. The van der Waals surface area contributed by atoms with Crippen LogP contribution in [-0.2, 0) is 16.2 Å². The second-order valence-electron chi connectivity index (χ2n) is 21.3. The van der Waals surface area contributed by atoms with E-state index >= 15 is 0 Å². The molecule has 0 saturated carbocycles. The third kappa shape index (κ3) is 4.58. The fraction of sp³-hybridized carbons (Fsp3) is 0.186. The maximum absolute atomic E-state index is 6.78. The Bertz CT molecular complexity index is 3900. The molecule has 0 amide bonds. The van der Waals surface area contributed by atoms with E-state index in [1.165, 1.54) is 114 Å². The van der Waals surface area contributed by atoms with E-state index in [-0.39, 0.29) is 23.1 Å². The van der Waals surface area contributed by atoms with Crippen LogP contribution in [-0.4, -0.2) is 11.4 Å². The molecule has 0 radical (unpaired) electrons. The van der Waals surface area contributed by atoms with Crippen molar-refractivity contribution in [2.75, 3.05) is 4.81 Å². The number of furan rings is 1. The van der Waals surface area contributed by atoms with E-state index < -0.39 is 0 Å². The van der Waals surface area contributed by atoms with E-state index in [1.807, 2.05) is 11.3 Å². The van der Waals surface area contributed by atoms with Crippen molar-refractivity contribution in [1.29, 1.82) is 0 Å². The van der Waals surface area contributed by atoms with E-state index in [1.54, 1.807) is 0 Å². The zero-order valence-electron chi connectivity index (χ0n) is 37.6. The molecule has 11 aromatic rings. The molecule has 5 heteroatoms. The lowest BCUT2D eigenvalue weighted by Gasteiger charge is -2.43. The molecule has 1 aliphatic carbocycles. The van der Waals surface area contributed by atoms with Crippen LogP contribution in [0.4, 0.5) is 11.4 Å². The number of benzene rings is 8. The fourth-order valence-electron chi connectivity index (χ4n) is 12.2. The summed E-state index contributed by atoms with van der Waals surface area (Å²) in [5, 5.41) is 7.64. The quantitative estimate of drug-likeness (QED) is 0.154. The van der Waals surface area contributed by atoms with Gasteiger partial charge in [-0.25, -0.2) is 0 Å². The Morgan fingerprint density at radius 3 is 2.08 bits per heavy atom. The molecule has 8 aromatic carbocycles. The summed E-state index contributed by atoms with van der Waals surface area (Å²) in [6.45, 7) is 18.8. The second kappa shape index (κ2) is 12.0. The largest absolute Gasteiger partial charge is 0.456 e. The topological polar surface area (TPSA) is 21.3 Å². The molecule has 0 N–H and O–H groups in total. The first kappa shape index (κ1) is 36.9. The minimum Gasteiger partial charge on any atom is -0.456 e. The molecule has 0 fully saturated rings. The molecule has 0 spiro atoms. The van der Waals surface area contributed by atoms with E-state index in [9.17, 15) is 0 Å². The number of anilines is 2. The number of thiophene rings is 1. The van der Waals surface area contributed by atoms with Gasteiger partial charge < -0.3 is 13.8 Å². The number of nitrogens with zero attached hydrogens (tertiary/aromatic N) is 2. The van der Waals surface area contributed by atoms with Crippen LogP contribution in [0.1, 0.15) is 77.6 Å². The van der Waals surface area contributed by atoms with Crippen LogP contribution in [0.2, 0.25) is 0 Å². The number of hydrogen-bond acceptors (Lipinski definition) is 3. The number of para-hydroxylation sites is 1. The van der Waals surface area contributed by atoms with Crippen LogP contribution in [0.25, 0.3) is 91.9 Å². The van der Waals surface area contributed by atoms with Crippen molar-refractivity contribution in [1.82, 2.24) is 4.57 Å². The lowest BCUT2D eigenvalue weighted by Crippen LogP contribution is -2.60. The highest BCUT2D eigenvalue weighted by molar-refractivity contribution is 7.25. The summed E-state index contributed by atoms with van der Waals surface area (Å²) in [5.74, 6) is 0. The summed E-state index contributed by atoms with van der Waals surface area (Å²) in [6, 6.07) is 53.6. The standard InChI is InChI=1S/C59H47BN2OS/c1-57(2,3)32-21-24-34(25-22-32)62-45-29-39-36-16-11-14-20-49(36)64-50(39)30-41(45)52-51-37-17-9-12-18-42(37)59(7,8)54(51)53-40-27-33(58(4,5)6)23-26-44(40)61-46-31-48-38(35-15-10-13-19-47(35)63-48)28-43(46)60(62)55(52)56(53)61/h9-31H,1-8H3. The first-order chi connectivity index (χ1) is 30.8. The minimum absolute atomic E-state index is 0.0237. The lowest BCUT2D eigenvalue weighted by atomic mass is 9.43. The maximum Gasteiger partial charge on any atom is 0.333 e. The monoisotopic (exact) mass is 842 g/mol. The molecular weight excluding hydrogens is 796 g/mol. The lowest BCUT2D eigenvalue weighted by molar-refractivity contribution is 0.590. The molecule has 64 heavy (non-hydrogen) atoms. The van der Waals surface area contributed by atoms with Crippen molar-refractivity contribution in [2.45, 2.75) is 71.6 Å². The van der Waals surface area contributed by atoms with Crippen molar-refractivity contribution < 1.29 is 4.42 Å². The van der Waals surface area contributed by atoms with E-state index in [0.29, 0.717) is 0 Å². The van der Waals surface area contributed by atoms with Gasteiger partial charge in [0.05, 0.1) is 11.0 Å². The third-order valence-corrected chi connectivity index (χ3v) is 16.4. The highest BCUT2D eigenvalue weighted by atomic mass is 32.1. The van der Waals surface area contributed by atoms with Crippen LogP contribution in [0.5, 0.6) is 0 Å². The van der Waals surface area contributed by atoms with Gasteiger partial charge in [-0.2, -0.15) is 0 Å². The Morgan fingerprint density at radius 1 is 0.562 bits per heavy atom. The van der Waals surface area contributed by atoms with Gasteiger partial charge in [0.2, 0.25) is 0 Å². The van der Waals surface area contributed by atoms with Gasteiger partial charge in [0, 0.05) is 75.8 Å². The molecule has 14 rings (SSSR count). The molecule has 308 valence electrons. The molecule has 3 aliphatic rings. The number of aromatic nitrogens is 1. The van der Waals surface area contributed by atoms with E-state index in [2.05, 4.69) is 204 Å².